The highest BCUT2D eigenvalue weighted by Gasteiger charge is 2.16. The highest BCUT2D eigenvalue weighted by atomic mass is 16.5. The summed E-state index contributed by atoms with van der Waals surface area (Å²) in [4.78, 5) is 11.8. The maximum Gasteiger partial charge on any atom is 0.315 e. The van der Waals surface area contributed by atoms with E-state index in [1.165, 1.54) is 0 Å². The Balaban J connectivity index is 2.54. The van der Waals surface area contributed by atoms with Crippen LogP contribution in [0.5, 0.6) is 0 Å². The van der Waals surface area contributed by atoms with E-state index < -0.39 is 0 Å². The summed E-state index contributed by atoms with van der Waals surface area (Å²) in [6.07, 6.45) is 1.53. The van der Waals surface area contributed by atoms with Crippen LogP contribution in [-0.2, 0) is 19.4 Å². The summed E-state index contributed by atoms with van der Waals surface area (Å²) in [6, 6.07) is -0.332. The minimum Gasteiger partial charge on any atom is -0.396 e. The molecule has 1 aromatic heterocycles. The van der Waals surface area contributed by atoms with Gasteiger partial charge in [-0.3, -0.25) is 0 Å². The van der Waals surface area contributed by atoms with E-state index >= 15 is 0 Å². The molecule has 0 spiro atoms. The Labute approximate surface area is 119 Å². The van der Waals surface area contributed by atoms with Crippen molar-refractivity contribution in [3.63, 3.8) is 0 Å². The van der Waals surface area contributed by atoms with Gasteiger partial charge < -0.3 is 20.3 Å². The minimum atomic E-state index is -0.247. The van der Waals surface area contributed by atoms with Crippen LogP contribution in [0, 0.1) is 5.92 Å². The third-order valence-corrected chi connectivity index (χ3v) is 3.53. The van der Waals surface area contributed by atoms with Gasteiger partial charge in [-0.15, -0.1) is 0 Å². The molecule has 0 saturated heterocycles. The molecule has 20 heavy (non-hydrogen) atoms. The first-order valence-corrected chi connectivity index (χ1v) is 7.14. The molecule has 3 N–H and O–H groups in total. The van der Waals surface area contributed by atoms with Crippen molar-refractivity contribution < 1.29 is 14.4 Å². The lowest BCUT2D eigenvalue weighted by Crippen LogP contribution is -2.44. The quantitative estimate of drug-likeness (QED) is 0.709. The number of aromatic nitrogens is 1. The van der Waals surface area contributed by atoms with Crippen LogP contribution in [0.25, 0.3) is 0 Å². The summed E-state index contributed by atoms with van der Waals surface area (Å²) in [7, 11) is 0. The van der Waals surface area contributed by atoms with E-state index in [1.54, 1.807) is 0 Å². The van der Waals surface area contributed by atoms with E-state index in [1.807, 2.05) is 27.7 Å². The first-order valence-electron chi connectivity index (χ1n) is 7.14. The van der Waals surface area contributed by atoms with Crippen LogP contribution in [0.1, 0.15) is 44.7 Å². The van der Waals surface area contributed by atoms with E-state index in [2.05, 4.69) is 15.8 Å². The molecule has 0 aromatic carbocycles. The number of nitrogens with zero attached hydrogens (tertiary/aromatic N) is 1. The molecule has 114 valence electrons. The smallest absolute Gasteiger partial charge is 0.315 e. The first kappa shape index (κ1) is 16.5. The molecular weight excluding hydrogens is 258 g/mol. The normalized spacial score (nSPS) is 13.8. The molecule has 0 fully saturated rings. The van der Waals surface area contributed by atoms with Crippen molar-refractivity contribution in [1.82, 2.24) is 15.8 Å². The number of carbonyl (C=O) groups excluding carboxylic acids is 1. The van der Waals surface area contributed by atoms with Crippen molar-refractivity contribution in [2.24, 2.45) is 5.92 Å². The van der Waals surface area contributed by atoms with Crippen LogP contribution in [0.2, 0.25) is 0 Å². The zero-order valence-electron chi connectivity index (χ0n) is 12.7. The Bertz CT molecular complexity index is 410. The van der Waals surface area contributed by atoms with Crippen molar-refractivity contribution in [3.05, 3.63) is 17.0 Å². The van der Waals surface area contributed by atoms with Gasteiger partial charge in [-0.25, -0.2) is 4.79 Å². The molecule has 1 heterocycles. The van der Waals surface area contributed by atoms with Gasteiger partial charge in [0.1, 0.15) is 5.76 Å². The van der Waals surface area contributed by atoms with Crippen molar-refractivity contribution in [1.29, 1.82) is 0 Å². The van der Waals surface area contributed by atoms with Crippen molar-refractivity contribution >= 4 is 6.03 Å². The summed E-state index contributed by atoms with van der Waals surface area (Å²) in [5.41, 5.74) is 1.85. The maximum atomic E-state index is 11.8. The van der Waals surface area contributed by atoms with E-state index in [-0.39, 0.29) is 24.6 Å². The third-order valence-electron chi connectivity index (χ3n) is 3.53. The average molecular weight is 283 g/mol. The van der Waals surface area contributed by atoms with Crippen molar-refractivity contribution in [3.8, 4) is 0 Å². The molecule has 1 rings (SSSR count). The number of rotatable bonds is 7. The van der Waals surface area contributed by atoms with Crippen LogP contribution in [-0.4, -0.2) is 28.9 Å². The monoisotopic (exact) mass is 283 g/mol. The molecule has 1 aromatic rings. The fourth-order valence-corrected chi connectivity index (χ4v) is 1.86. The second-order valence-electron chi connectivity index (χ2n) is 5.01. The molecule has 2 atom stereocenters. The fourth-order valence-electron chi connectivity index (χ4n) is 1.86. The number of aliphatic hydroxyl groups is 1. The zero-order valence-corrected chi connectivity index (χ0v) is 12.7. The number of hydrogen-bond acceptors (Lipinski definition) is 4. The molecule has 0 saturated carbocycles. The molecule has 0 radical (unpaired) electrons. The SMILES string of the molecule is CCc1noc(CC)c1CNC(=O)NC(C)C(C)CO. The van der Waals surface area contributed by atoms with E-state index in [9.17, 15) is 4.79 Å². The predicted octanol–water partition coefficient (Wildman–Crippen LogP) is 1.62. The van der Waals surface area contributed by atoms with Crippen LogP contribution in [0.3, 0.4) is 0 Å². The van der Waals surface area contributed by atoms with Gasteiger partial charge in [-0.2, -0.15) is 0 Å². The number of aliphatic hydroxyl groups excluding tert-OH is 1. The van der Waals surface area contributed by atoms with E-state index in [0.29, 0.717) is 6.54 Å². The van der Waals surface area contributed by atoms with Crippen LogP contribution in [0.4, 0.5) is 4.79 Å². The van der Waals surface area contributed by atoms with Crippen LogP contribution >= 0.6 is 0 Å². The van der Waals surface area contributed by atoms with Crippen molar-refractivity contribution in [2.45, 2.75) is 53.1 Å². The number of amides is 2. The molecule has 2 unspecified atom stereocenters. The van der Waals surface area contributed by atoms with Gasteiger partial charge in [0.15, 0.2) is 0 Å². The van der Waals surface area contributed by atoms with Gasteiger partial charge in [0, 0.05) is 31.2 Å². The average Bonchev–Trinajstić information content (AvgIpc) is 2.85. The lowest BCUT2D eigenvalue weighted by Gasteiger charge is -2.19. The number of aryl methyl sites for hydroxylation is 2. The summed E-state index contributed by atoms with van der Waals surface area (Å²) in [5.74, 6) is 0.840. The molecule has 0 aliphatic carbocycles. The molecule has 2 amide bonds. The van der Waals surface area contributed by atoms with Gasteiger partial charge in [0.05, 0.1) is 5.69 Å². The molecule has 0 aliphatic heterocycles. The predicted molar refractivity (Wildman–Crippen MR) is 76.3 cm³/mol. The number of hydrogen-bond donors (Lipinski definition) is 3. The lowest BCUT2D eigenvalue weighted by atomic mass is 10.1. The topological polar surface area (TPSA) is 87.4 Å². The highest BCUT2D eigenvalue weighted by Crippen LogP contribution is 2.15. The summed E-state index contributed by atoms with van der Waals surface area (Å²) in [6.45, 7) is 8.21. The Morgan fingerprint density at radius 3 is 2.60 bits per heavy atom. The first-order chi connectivity index (χ1) is 9.53. The third kappa shape index (κ3) is 4.23. The summed E-state index contributed by atoms with van der Waals surface area (Å²) in [5, 5.41) is 18.7. The van der Waals surface area contributed by atoms with Crippen molar-refractivity contribution in [2.75, 3.05) is 6.61 Å². The lowest BCUT2D eigenvalue weighted by molar-refractivity contribution is 0.200. The van der Waals surface area contributed by atoms with Gasteiger partial charge >= 0.3 is 6.03 Å². The second kappa shape index (κ2) is 7.89. The summed E-state index contributed by atoms with van der Waals surface area (Å²) >= 11 is 0. The van der Waals surface area contributed by atoms with Crippen LogP contribution < -0.4 is 10.6 Å². The Morgan fingerprint density at radius 1 is 1.35 bits per heavy atom. The maximum absolute atomic E-state index is 11.8. The van der Waals surface area contributed by atoms with Gasteiger partial charge in [-0.05, 0) is 19.3 Å². The number of urea groups is 1. The van der Waals surface area contributed by atoms with E-state index in [4.69, 9.17) is 9.63 Å². The number of nitrogens with one attached hydrogen (secondary N) is 2. The molecular formula is C14H25N3O3. The van der Waals surface area contributed by atoms with Crippen LogP contribution in [0.15, 0.2) is 4.52 Å². The zero-order chi connectivity index (χ0) is 15.1. The van der Waals surface area contributed by atoms with Gasteiger partial charge in [-0.1, -0.05) is 25.9 Å². The van der Waals surface area contributed by atoms with Gasteiger partial charge in [0.25, 0.3) is 0 Å². The molecule has 0 aliphatic rings. The van der Waals surface area contributed by atoms with Gasteiger partial charge in [0.2, 0.25) is 0 Å². The largest absolute Gasteiger partial charge is 0.396 e. The minimum absolute atomic E-state index is 0.0220. The standard InChI is InChI=1S/C14H25N3O3/c1-5-12-11(13(6-2)20-17-12)7-15-14(19)16-10(4)9(3)8-18/h9-10,18H,5-8H2,1-4H3,(H2,15,16,19). The molecule has 0 bridgehead atoms. The Morgan fingerprint density at radius 2 is 2.05 bits per heavy atom. The van der Waals surface area contributed by atoms with E-state index in [0.717, 1.165) is 29.9 Å². The summed E-state index contributed by atoms with van der Waals surface area (Å²) < 4.78 is 5.25. The molecule has 6 heteroatoms. The Hall–Kier alpha value is -1.56. The molecule has 6 nitrogen and oxygen atoms in total. The fraction of sp³-hybridized carbons (Fsp3) is 0.714. The number of carbonyl (C=O) groups is 1. The second-order valence-corrected chi connectivity index (χ2v) is 5.01. The highest BCUT2D eigenvalue weighted by molar-refractivity contribution is 5.74. The Kier molecular flexibility index (Phi) is 6.51.